The van der Waals surface area contributed by atoms with Crippen LogP contribution >= 0.6 is 22.6 Å². The first-order valence-electron chi connectivity index (χ1n) is 5.37. The van der Waals surface area contributed by atoms with Gasteiger partial charge >= 0.3 is 0 Å². The first-order chi connectivity index (χ1) is 8.11. The van der Waals surface area contributed by atoms with Crippen LogP contribution in [0, 0.1) is 29.8 Å². The number of hydrogen-bond donors (Lipinski definition) is 0. The van der Waals surface area contributed by atoms with Crippen molar-refractivity contribution in [1.82, 2.24) is 0 Å². The largest absolute Gasteiger partial charge is 0.115 e. The Labute approximate surface area is 117 Å². The minimum Gasteiger partial charge on any atom is -0.115 e. The molecule has 0 spiro atoms. The van der Waals surface area contributed by atoms with Crippen molar-refractivity contribution in [3.63, 3.8) is 0 Å². The molecule has 0 aliphatic carbocycles. The van der Waals surface area contributed by atoms with Crippen LogP contribution in [0.25, 0.3) is 0 Å². The summed E-state index contributed by atoms with van der Waals surface area (Å²) in [7, 11) is 0. The lowest BCUT2D eigenvalue weighted by atomic mass is 10.1. The summed E-state index contributed by atoms with van der Waals surface area (Å²) in [6, 6.07) is 16.3. The monoisotopic (exact) mass is 334 g/mol. The van der Waals surface area contributed by atoms with E-state index in [0.29, 0.717) is 0 Å². The molecule has 0 N–H and O–H groups in total. The molecule has 2 aromatic carbocycles. The van der Waals surface area contributed by atoms with Gasteiger partial charge < -0.3 is 0 Å². The number of rotatable bonds is 0. The van der Waals surface area contributed by atoms with Crippen LogP contribution in [0.5, 0.6) is 0 Å². The van der Waals surface area contributed by atoms with Gasteiger partial charge in [-0.1, -0.05) is 35.7 Å². The van der Waals surface area contributed by atoms with Gasteiger partial charge in [-0.2, -0.15) is 0 Å². The van der Waals surface area contributed by atoms with E-state index in [0.717, 1.165) is 5.56 Å². The molecule has 0 atom stereocenters. The highest BCUT2D eigenvalue weighted by Crippen LogP contribution is 2.05. The van der Waals surface area contributed by atoms with Crippen LogP contribution in [0.2, 0.25) is 0 Å². The molecule has 0 aromatic heterocycles. The van der Waals surface area contributed by atoms with E-state index in [1.54, 1.807) is 0 Å². The minimum absolute atomic E-state index is 0.954. The van der Waals surface area contributed by atoms with Gasteiger partial charge in [-0.3, -0.25) is 0 Å². The zero-order chi connectivity index (χ0) is 12.7. The summed E-state index contributed by atoms with van der Waals surface area (Å²) in [5.41, 5.74) is 3.50. The summed E-state index contributed by atoms with van der Waals surface area (Å²) >= 11 is 2.31. The molecule has 0 heterocycles. The first kappa shape index (κ1) is 13.8. The standard InChI is InChI=1S/C9H8.C7H7I/c1-3-9-6-4-5-8(2)7-9;1-6-3-2-4-7(8)5-6/h1,4-7H,2H3;2-5H,1H3. The maximum absolute atomic E-state index is 5.17. The van der Waals surface area contributed by atoms with E-state index in [9.17, 15) is 0 Å². The second-order valence-electron chi connectivity index (χ2n) is 3.81. The molecule has 0 nitrogen and oxygen atoms in total. The van der Waals surface area contributed by atoms with Crippen LogP contribution in [-0.2, 0) is 0 Å². The van der Waals surface area contributed by atoms with Gasteiger partial charge in [-0.05, 0) is 66.3 Å². The highest BCUT2D eigenvalue weighted by Gasteiger charge is 1.84. The summed E-state index contributed by atoms with van der Waals surface area (Å²) in [6.07, 6.45) is 5.17. The number of benzene rings is 2. The van der Waals surface area contributed by atoms with Crippen molar-refractivity contribution in [1.29, 1.82) is 0 Å². The van der Waals surface area contributed by atoms with Crippen molar-refractivity contribution >= 4 is 22.6 Å². The number of halogens is 1. The molecule has 86 valence electrons. The van der Waals surface area contributed by atoms with Crippen LogP contribution in [0.15, 0.2) is 48.5 Å². The zero-order valence-electron chi connectivity index (χ0n) is 10.1. The van der Waals surface area contributed by atoms with Crippen molar-refractivity contribution in [2.45, 2.75) is 13.8 Å². The van der Waals surface area contributed by atoms with Crippen molar-refractivity contribution in [2.24, 2.45) is 0 Å². The van der Waals surface area contributed by atoms with Gasteiger partial charge in [-0.25, -0.2) is 0 Å². The highest BCUT2D eigenvalue weighted by atomic mass is 127. The van der Waals surface area contributed by atoms with E-state index in [-0.39, 0.29) is 0 Å². The first-order valence-corrected chi connectivity index (χ1v) is 6.45. The normalized spacial score (nSPS) is 8.82. The molecular weight excluding hydrogens is 319 g/mol. The van der Waals surface area contributed by atoms with E-state index in [1.165, 1.54) is 14.7 Å². The number of terminal acetylenes is 1. The Morgan fingerprint density at radius 2 is 1.53 bits per heavy atom. The molecule has 0 fully saturated rings. The molecular formula is C16H15I. The third-order valence-corrected chi connectivity index (χ3v) is 2.84. The van der Waals surface area contributed by atoms with Gasteiger partial charge in [0.15, 0.2) is 0 Å². The fourth-order valence-corrected chi connectivity index (χ4v) is 2.04. The third kappa shape index (κ3) is 5.55. The van der Waals surface area contributed by atoms with Gasteiger partial charge in [0.05, 0.1) is 0 Å². The van der Waals surface area contributed by atoms with Gasteiger partial charge in [0.2, 0.25) is 0 Å². The van der Waals surface area contributed by atoms with E-state index in [2.05, 4.69) is 59.7 Å². The van der Waals surface area contributed by atoms with Crippen LogP contribution < -0.4 is 0 Å². The van der Waals surface area contributed by atoms with Gasteiger partial charge in [-0.15, -0.1) is 6.42 Å². The van der Waals surface area contributed by atoms with E-state index in [4.69, 9.17) is 6.42 Å². The van der Waals surface area contributed by atoms with Gasteiger partial charge in [0.1, 0.15) is 0 Å². The summed E-state index contributed by atoms with van der Waals surface area (Å²) in [5.74, 6) is 2.57. The smallest absolute Gasteiger partial charge is 0.0245 e. The Morgan fingerprint density at radius 3 is 1.88 bits per heavy atom. The van der Waals surface area contributed by atoms with Crippen molar-refractivity contribution in [2.75, 3.05) is 0 Å². The predicted octanol–water partition coefficient (Wildman–Crippen LogP) is 4.58. The van der Waals surface area contributed by atoms with Crippen molar-refractivity contribution in [3.05, 3.63) is 68.8 Å². The predicted molar refractivity (Wildman–Crippen MR) is 83.0 cm³/mol. The molecule has 2 aromatic rings. The lowest BCUT2D eigenvalue weighted by molar-refractivity contribution is 1.45. The van der Waals surface area contributed by atoms with Crippen molar-refractivity contribution < 1.29 is 0 Å². The minimum atomic E-state index is 0.954. The van der Waals surface area contributed by atoms with E-state index >= 15 is 0 Å². The Balaban J connectivity index is 0.000000171. The molecule has 2 rings (SSSR count). The number of aryl methyl sites for hydroxylation is 2. The van der Waals surface area contributed by atoms with Crippen LogP contribution in [0.1, 0.15) is 16.7 Å². The Hall–Kier alpha value is -1.27. The summed E-state index contributed by atoms with van der Waals surface area (Å²) in [5, 5.41) is 0. The van der Waals surface area contributed by atoms with E-state index in [1.807, 2.05) is 31.2 Å². The quantitative estimate of drug-likeness (QED) is 0.489. The van der Waals surface area contributed by atoms with Gasteiger partial charge in [0, 0.05) is 9.13 Å². The van der Waals surface area contributed by atoms with Gasteiger partial charge in [0.25, 0.3) is 0 Å². The Bertz CT molecular complexity index is 504. The topological polar surface area (TPSA) is 0 Å². The maximum atomic E-state index is 5.17. The molecule has 0 aliphatic heterocycles. The molecule has 1 heteroatoms. The average Bonchev–Trinajstić information content (AvgIpc) is 2.29. The van der Waals surface area contributed by atoms with Crippen LogP contribution in [0.4, 0.5) is 0 Å². The van der Waals surface area contributed by atoms with E-state index < -0.39 is 0 Å². The average molecular weight is 334 g/mol. The van der Waals surface area contributed by atoms with Crippen LogP contribution in [0.3, 0.4) is 0 Å². The molecule has 0 bridgehead atoms. The molecule has 0 aliphatic rings. The highest BCUT2D eigenvalue weighted by molar-refractivity contribution is 14.1. The molecule has 0 saturated carbocycles. The van der Waals surface area contributed by atoms with Crippen LogP contribution in [-0.4, -0.2) is 0 Å². The Kier molecular flexibility index (Phi) is 5.79. The zero-order valence-corrected chi connectivity index (χ0v) is 12.2. The molecule has 0 unspecified atom stereocenters. The summed E-state index contributed by atoms with van der Waals surface area (Å²) in [6.45, 7) is 4.13. The molecule has 0 amide bonds. The fraction of sp³-hybridized carbons (Fsp3) is 0.125. The molecule has 0 saturated heterocycles. The molecule has 17 heavy (non-hydrogen) atoms. The SMILES string of the molecule is C#Cc1cccc(C)c1.Cc1cccc(I)c1. The summed E-state index contributed by atoms with van der Waals surface area (Å²) < 4.78 is 1.31. The maximum Gasteiger partial charge on any atom is 0.0245 e. The fourth-order valence-electron chi connectivity index (χ4n) is 1.34. The number of hydrogen-bond acceptors (Lipinski definition) is 0. The lowest BCUT2D eigenvalue weighted by Crippen LogP contribution is -1.73. The lowest BCUT2D eigenvalue weighted by Gasteiger charge is -1.90. The molecule has 0 radical (unpaired) electrons. The third-order valence-electron chi connectivity index (χ3n) is 2.16. The second-order valence-corrected chi connectivity index (χ2v) is 5.06. The Morgan fingerprint density at radius 1 is 0.941 bits per heavy atom. The second kappa shape index (κ2) is 7.13. The summed E-state index contributed by atoms with van der Waals surface area (Å²) in [4.78, 5) is 0. The van der Waals surface area contributed by atoms with Crippen molar-refractivity contribution in [3.8, 4) is 12.3 Å².